The molecule has 0 aliphatic carbocycles. The van der Waals surface area contributed by atoms with Crippen molar-refractivity contribution in [3.63, 3.8) is 0 Å². The predicted octanol–water partition coefficient (Wildman–Crippen LogP) is 4.05. The van der Waals surface area contributed by atoms with Gasteiger partial charge in [-0.05, 0) is 55.4 Å². The van der Waals surface area contributed by atoms with E-state index in [9.17, 15) is 9.59 Å². The molecule has 0 atom stereocenters. The maximum atomic E-state index is 12.1. The Labute approximate surface area is 155 Å². The standard InChI is InChI=1S/C21H27N3O2/c1-4-24(5-2)15-18-8-6-7-17(13-18)14-22-21(26)23-20-11-9-19(10-12-20)16(3)25/h6-13H,4-5,14-15H2,1-3H3,(H2,22,23,26). The fourth-order valence-electron chi connectivity index (χ4n) is 2.69. The number of carbonyl (C=O) groups is 2. The van der Waals surface area contributed by atoms with Gasteiger partial charge in [-0.25, -0.2) is 4.79 Å². The first-order chi connectivity index (χ1) is 12.5. The van der Waals surface area contributed by atoms with Crippen LogP contribution in [0.1, 0.15) is 42.3 Å². The van der Waals surface area contributed by atoms with E-state index in [1.807, 2.05) is 12.1 Å². The van der Waals surface area contributed by atoms with E-state index < -0.39 is 0 Å². The largest absolute Gasteiger partial charge is 0.334 e. The van der Waals surface area contributed by atoms with Crippen LogP contribution in [0.4, 0.5) is 10.5 Å². The first kappa shape index (κ1) is 19.7. The molecule has 5 heteroatoms. The Hall–Kier alpha value is -2.66. The molecule has 0 aromatic heterocycles. The van der Waals surface area contributed by atoms with Gasteiger partial charge in [0.05, 0.1) is 0 Å². The molecule has 26 heavy (non-hydrogen) atoms. The molecule has 2 aromatic rings. The van der Waals surface area contributed by atoms with Gasteiger partial charge in [0.25, 0.3) is 0 Å². The molecule has 0 bridgehead atoms. The number of Topliss-reactive ketones (excluding diaryl/α,β-unsaturated/α-hetero) is 1. The Kier molecular flexibility index (Phi) is 7.36. The molecule has 0 saturated heterocycles. The molecular weight excluding hydrogens is 326 g/mol. The average Bonchev–Trinajstić information content (AvgIpc) is 2.65. The summed E-state index contributed by atoms with van der Waals surface area (Å²) in [6, 6.07) is 14.8. The van der Waals surface area contributed by atoms with Gasteiger partial charge in [0.15, 0.2) is 5.78 Å². The maximum Gasteiger partial charge on any atom is 0.319 e. The number of urea groups is 1. The molecule has 138 valence electrons. The summed E-state index contributed by atoms with van der Waals surface area (Å²) in [6.07, 6.45) is 0. The minimum atomic E-state index is -0.269. The van der Waals surface area contributed by atoms with Gasteiger partial charge in [0.2, 0.25) is 0 Å². The van der Waals surface area contributed by atoms with E-state index in [4.69, 9.17) is 0 Å². The highest BCUT2D eigenvalue weighted by molar-refractivity contribution is 5.95. The highest BCUT2D eigenvalue weighted by Crippen LogP contribution is 2.11. The lowest BCUT2D eigenvalue weighted by atomic mass is 10.1. The third kappa shape index (κ3) is 6.01. The van der Waals surface area contributed by atoms with Crippen molar-refractivity contribution in [2.45, 2.75) is 33.9 Å². The number of anilines is 1. The normalized spacial score (nSPS) is 10.6. The van der Waals surface area contributed by atoms with E-state index in [1.165, 1.54) is 12.5 Å². The maximum absolute atomic E-state index is 12.1. The highest BCUT2D eigenvalue weighted by atomic mass is 16.2. The van der Waals surface area contributed by atoms with Crippen molar-refractivity contribution in [3.05, 3.63) is 65.2 Å². The quantitative estimate of drug-likeness (QED) is 0.704. The van der Waals surface area contributed by atoms with E-state index in [-0.39, 0.29) is 11.8 Å². The predicted molar refractivity (Wildman–Crippen MR) is 105 cm³/mol. The van der Waals surface area contributed by atoms with Gasteiger partial charge < -0.3 is 10.6 Å². The van der Waals surface area contributed by atoms with Crippen LogP contribution in [0, 0.1) is 0 Å². The van der Waals surface area contributed by atoms with Crippen LogP contribution >= 0.6 is 0 Å². The number of nitrogens with zero attached hydrogens (tertiary/aromatic N) is 1. The fourth-order valence-corrected chi connectivity index (χ4v) is 2.69. The summed E-state index contributed by atoms with van der Waals surface area (Å²) in [6.45, 7) is 9.24. The van der Waals surface area contributed by atoms with Gasteiger partial charge in [0.1, 0.15) is 0 Å². The van der Waals surface area contributed by atoms with Gasteiger partial charge in [0, 0.05) is 24.3 Å². The lowest BCUT2D eigenvalue weighted by molar-refractivity contribution is 0.101. The van der Waals surface area contributed by atoms with E-state index in [1.54, 1.807) is 24.3 Å². The summed E-state index contributed by atoms with van der Waals surface area (Å²) in [5.41, 5.74) is 3.59. The first-order valence-electron chi connectivity index (χ1n) is 8.97. The van der Waals surface area contributed by atoms with Crippen LogP contribution < -0.4 is 10.6 Å². The zero-order valence-corrected chi connectivity index (χ0v) is 15.7. The van der Waals surface area contributed by atoms with Crippen molar-refractivity contribution in [3.8, 4) is 0 Å². The van der Waals surface area contributed by atoms with Gasteiger partial charge >= 0.3 is 6.03 Å². The Morgan fingerprint density at radius 1 is 0.962 bits per heavy atom. The molecule has 0 heterocycles. The average molecular weight is 353 g/mol. The van der Waals surface area contributed by atoms with Crippen LogP contribution in [0.3, 0.4) is 0 Å². The number of amides is 2. The van der Waals surface area contributed by atoms with E-state index in [2.05, 4.69) is 41.5 Å². The number of hydrogen-bond acceptors (Lipinski definition) is 3. The van der Waals surface area contributed by atoms with Crippen molar-refractivity contribution < 1.29 is 9.59 Å². The molecule has 2 rings (SSSR count). The number of nitrogens with one attached hydrogen (secondary N) is 2. The second-order valence-electron chi connectivity index (χ2n) is 6.22. The van der Waals surface area contributed by atoms with Gasteiger partial charge in [-0.3, -0.25) is 9.69 Å². The number of carbonyl (C=O) groups excluding carboxylic acids is 2. The minimum Gasteiger partial charge on any atom is -0.334 e. The van der Waals surface area contributed by atoms with Crippen LogP contribution in [-0.4, -0.2) is 29.8 Å². The van der Waals surface area contributed by atoms with Crippen LogP contribution in [-0.2, 0) is 13.1 Å². The summed E-state index contributed by atoms with van der Waals surface area (Å²) in [5.74, 6) is 0.00518. The molecule has 2 aromatic carbocycles. The molecule has 0 unspecified atom stereocenters. The van der Waals surface area contributed by atoms with Crippen LogP contribution in [0.25, 0.3) is 0 Å². The number of ketones is 1. The fraction of sp³-hybridized carbons (Fsp3) is 0.333. The second-order valence-corrected chi connectivity index (χ2v) is 6.22. The number of benzene rings is 2. The van der Waals surface area contributed by atoms with Crippen LogP contribution in [0.15, 0.2) is 48.5 Å². The van der Waals surface area contributed by atoms with Gasteiger partial charge in [-0.15, -0.1) is 0 Å². The zero-order valence-electron chi connectivity index (χ0n) is 15.7. The van der Waals surface area contributed by atoms with Crippen molar-refractivity contribution in [1.29, 1.82) is 0 Å². The smallest absolute Gasteiger partial charge is 0.319 e. The second kappa shape index (κ2) is 9.73. The Morgan fingerprint density at radius 3 is 2.23 bits per heavy atom. The molecular formula is C21H27N3O2. The molecule has 0 aliphatic rings. The third-order valence-corrected chi connectivity index (χ3v) is 4.29. The van der Waals surface area contributed by atoms with Gasteiger partial charge in [-0.2, -0.15) is 0 Å². The molecule has 2 amide bonds. The van der Waals surface area contributed by atoms with Crippen LogP contribution in [0.5, 0.6) is 0 Å². The topological polar surface area (TPSA) is 61.4 Å². The summed E-state index contributed by atoms with van der Waals surface area (Å²) in [7, 11) is 0. The number of rotatable bonds is 8. The Balaban J connectivity index is 1.87. The number of hydrogen-bond donors (Lipinski definition) is 2. The molecule has 0 aliphatic heterocycles. The summed E-state index contributed by atoms with van der Waals surface area (Å²) < 4.78 is 0. The highest BCUT2D eigenvalue weighted by Gasteiger charge is 2.05. The molecule has 0 fully saturated rings. The van der Waals surface area contributed by atoms with Gasteiger partial charge in [-0.1, -0.05) is 38.1 Å². The molecule has 0 spiro atoms. The summed E-state index contributed by atoms with van der Waals surface area (Å²) >= 11 is 0. The van der Waals surface area contributed by atoms with E-state index >= 15 is 0 Å². The van der Waals surface area contributed by atoms with Crippen molar-refractivity contribution in [2.75, 3.05) is 18.4 Å². The molecule has 0 saturated carbocycles. The van der Waals surface area contributed by atoms with E-state index in [0.29, 0.717) is 17.8 Å². The Bertz CT molecular complexity index is 737. The van der Waals surface area contributed by atoms with Crippen molar-refractivity contribution in [2.24, 2.45) is 0 Å². The van der Waals surface area contributed by atoms with Crippen LogP contribution in [0.2, 0.25) is 0 Å². The summed E-state index contributed by atoms with van der Waals surface area (Å²) in [5, 5.41) is 5.64. The molecule has 5 nitrogen and oxygen atoms in total. The molecule has 2 N–H and O–H groups in total. The SMILES string of the molecule is CCN(CC)Cc1cccc(CNC(=O)Nc2ccc(C(C)=O)cc2)c1. The lowest BCUT2D eigenvalue weighted by Crippen LogP contribution is -2.28. The minimum absolute atomic E-state index is 0.00518. The Morgan fingerprint density at radius 2 is 1.62 bits per heavy atom. The van der Waals surface area contributed by atoms with E-state index in [0.717, 1.165) is 25.2 Å². The monoisotopic (exact) mass is 353 g/mol. The molecule has 0 radical (unpaired) electrons. The third-order valence-electron chi connectivity index (χ3n) is 4.29. The first-order valence-corrected chi connectivity index (χ1v) is 8.97. The van der Waals surface area contributed by atoms with Crippen molar-refractivity contribution in [1.82, 2.24) is 10.2 Å². The van der Waals surface area contributed by atoms with Crippen molar-refractivity contribution >= 4 is 17.5 Å². The summed E-state index contributed by atoms with van der Waals surface area (Å²) in [4.78, 5) is 25.7. The zero-order chi connectivity index (χ0) is 18.9. The lowest BCUT2D eigenvalue weighted by Gasteiger charge is -2.18.